The topological polar surface area (TPSA) is 32.7 Å². The Bertz CT molecular complexity index is 680. The van der Waals surface area contributed by atoms with Gasteiger partial charge in [0.05, 0.1) is 12.7 Å². The quantitative estimate of drug-likeness (QED) is 0.931. The molecule has 0 aromatic heterocycles. The van der Waals surface area contributed by atoms with Gasteiger partial charge in [-0.3, -0.25) is 4.90 Å². The molecule has 1 N–H and O–H groups in total. The average molecular weight is 313 g/mol. The van der Waals surface area contributed by atoms with Crippen molar-refractivity contribution in [1.29, 1.82) is 0 Å². The molecule has 3 aliphatic carbocycles. The molecule has 5 rings (SSSR count). The van der Waals surface area contributed by atoms with Crippen molar-refractivity contribution >= 4 is 0 Å². The number of aliphatic hydroxyl groups is 1. The number of likely N-dealkylation sites (tertiary alicyclic amines) is 1. The van der Waals surface area contributed by atoms with Crippen LogP contribution in [0.1, 0.15) is 50.7 Å². The molecule has 1 aromatic rings. The summed E-state index contributed by atoms with van der Waals surface area (Å²) in [5.74, 6) is 1.78. The van der Waals surface area contributed by atoms with E-state index in [-0.39, 0.29) is 10.8 Å². The lowest BCUT2D eigenvalue weighted by Crippen LogP contribution is -2.73. The number of fused-ring (bicyclic) bond motifs is 3. The molecule has 1 aliphatic heterocycles. The molecule has 124 valence electrons. The first-order chi connectivity index (χ1) is 10.9. The monoisotopic (exact) mass is 313 g/mol. The number of methoxy groups -OCH3 is 1. The standard InChI is InChI=1S/C20H27NO2/c1-18-11-20(15-8-7-14(23-3)9-16(15)18)12-21(10-13-5-4-6-13)17(20)19(18,2)22/h7-9,13,17,22H,4-6,10-12H2,1-3H3. The van der Waals surface area contributed by atoms with E-state index in [1.54, 1.807) is 7.11 Å². The van der Waals surface area contributed by atoms with Crippen molar-refractivity contribution in [3.63, 3.8) is 0 Å². The molecule has 4 aliphatic rings. The zero-order chi connectivity index (χ0) is 16.0. The second-order valence-electron chi connectivity index (χ2n) is 8.85. The minimum atomic E-state index is -0.658. The van der Waals surface area contributed by atoms with Crippen molar-refractivity contribution in [1.82, 2.24) is 4.90 Å². The maximum atomic E-state index is 11.5. The van der Waals surface area contributed by atoms with Crippen molar-refractivity contribution < 1.29 is 9.84 Å². The first kappa shape index (κ1) is 14.3. The molecule has 1 saturated heterocycles. The fraction of sp³-hybridized carbons (Fsp3) is 0.700. The normalized spacial score (nSPS) is 44.4. The van der Waals surface area contributed by atoms with E-state index in [1.165, 1.54) is 36.9 Å². The van der Waals surface area contributed by atoms with Gasteiger partial charge in [-0.25, -0.2) is 0 Å². The van der Waals surface area contributed by atoms with E-state index in [9.17, 15) is 5.11 Å². The second kappa shape index (κ2) is 4.12. The maximum absolute atomic E-state index is 11.5. The third-order valence-corrected chi connectivity index (χ3v) is 7.77. The molecule has 2 bridgehead atoms. The molecule has 3 fully saturated rings. The van der Waals surface area contributed by atoms with Crippen molar-refractivity contribution in [2.45, 2.75) is 62.0 Å². The average Bonchev–Trinajstić information content (AvgIpc) is 2.79. The highest BCUT2D eigenvalue weighted by molar-refractivity contribution is 5.59. The number of nitrogens with zero attached hydrogens (tertiary/aromatic N) is 1. The largest absolute Gasteiger partial charge is 0.497 e. The Kier molecular flexibility index (Phi) is 2.56. The zero-order valence-electron chi connectivity index (χ0n) is 14.4. The Morgan fingerprint density at radius 3 is 2.70 bits per heavy atom. The van der Waals surface area contributed by atoms with E-state index in [2.05, 4.69) is 36.9 Å². The van der Waals surface area contributed by atoms with Crippen LogP contribution >= 0.6 is 0 Å². The third kappa shape index (κ3) is 1.45. The molecule has 23 heavy (non-hydrogen) atoms. The predicted molar refractivity (Wildman–Crippen MR) is 90.0 cm³/mol. The number of rotatable bonds is 3. The summed E-state index contributed by atoms with van der Waals surface area (Å²) in [6, 6.07) is 6.82. The highest BCUT2D eigenvalue weighted by atomic mass is 16.5. The summed E-state index contributed by atoms with van der Waals surface area (Å²) in [6.45, 7) is 6.65. The second-order valence-corrected chi connectivity index (χ2v) is 8.85. The SMILES string of the molecule is COc1ccc2c(c1)C1(C)CC23CN(CC2CCC2)C3C1(C)O. The van der Waals surface area contributed by atoms with E-state index in [0.29, 0.717) is 6.04 Å². The van der Waals surface area contributed by atoms with Crippen LogP contribution < -0.4 is 4.74 Å². The minimum absolute atomic E-state index is 0.157. The number of hydrogen-bond donors (Lipinski definition) is 1. The molecule has 4 unspecified atom stereocenters. The van der Waals surface area contributed by atoms with Crippen molar-refractivity contribution in [3.8, 4) is 5.75 Å². The van der Waals surface area contributed by atoms with Crippen LogP contribution in [-0.2, 0) is 10.8 Å². The predicted octanol–water partition coefficient (Wildman–Crippen LogP) is 2.84. The van der Waals surface area contributed by atoms with E-state index in [4.69, 9.17) is 4.74 Å². The van der Waals surface area contributed by atoms with Crippen LogP contribution in [0.25, 0.3) is 0 Å². The third-order valence-electron chi connectivity index (χ3n) is 7.77. The summed E-state index contributed by atoms with van der Waals surface area (Å²) in [4.78, 5) is 2.59. The van der Waals surface area contributed by atoms with Gasteiger partial charge in [0.15, 0.2) is 0 Å². The van der Waals surface area contributed by atoms with Crippen LogP contribution in [0.15, 0.2) is 18.2 Å². The lowest BCUT2D eigenvalue weighted by Gasteiger charge is -2.61. The molecule has 1 heterocycles. The van der Waals surface area contributed by atoms with Gasteiger partial charge in [0, 0.05) is 30.0 Å². The van der Waals surface area contributed by atoms with E-state index in [1.807, 2.05) is 0 Å². The van der Waals surface area contributed by atoms with Crippen LogP contribution in [0, 0.1) is 5.92 Å². The van der Waals surface area contributed by atoms with Crippen LogP contribution in [0.3, 0.4) is 0 Å². The van der Waals surface area contributed by atoms with Gasteiger partial charge >= 0.3 is 0 Å². The van der Waals surface area contributed by atoms with Crippen LogP contribution in [-0.4, -0.2) is 41.8 Å². The Morgan fingerprint density at radius 2 is 2.04 bits per heavy atom. The summed E-state index contributed by atoms with van der Waals surface area (Å²) in [7, 11) is 1.72. The molecule has 0 radical (unpaired) electrons. The fourth-order valence-corrected chi connectivity index (χ4v) is 6.35. The van der Waals surface area contributed by atoms with Gasteiger partial charge in [-0.2, -0.15) is 0 Å². The smallest absolute Gasteiger partial charge is 0.119 e. The van der Waals surface area contributed by atoms with Crippen LogP contribution in [0.4, 0.5) is 0 Å². The Balaban J connectivity index is 1.57. The van der Waals surface area contributed by atoms with Gasteiger partial charge in [-0.05, 0) is 55.4 Å². The van der Waals surface area contributed by atoms with Gasteiger partial charge in [-0.1, -0.05) is 19.4 Å². The molecular formula is C20H27NO2. The Morgan fingerprint density at radius 1 is 1.26 bits per heavy atom. The molecular weight excluding hydrogens is 286 g/mol. The minimum Gasteiger partial charge on any atom is -0.497 e. The Labute approximate surface area is 138 Å². The summed E-state index contributed by atoms with van der Waals surface area (Å²) >= 11 is 0. The summed E-state index contributed by atoms with van der Waals surface area (Å²) in [6.07, 6.45) is 5.24. The van der Waals surface area contributed by atoms with Crippen molar-refractivity contribution in [2.75, 3.05) is 20.2 Å². The van der Waals surface area contributed by atoms with Crippen LogP contribution in [0.5, 0.6) is 5.75 Å². The number of hydrogen-bond acceptors (Lipinski definition) is 3. The molecule has 1 aromatic carbocycles. The lowest BCUT2D eigenvalue weighted by molar-refractivity contribution is -0.127. The maximum Gasteiger partial charge on any atom is 0.119 e. The molecule has 1 spiro atoms. The number of ether oxygens (including phenoxy) is 1. The van der Waals surface area contributed by atoms with Gasteiger partial charge < -0.3 is 9.84 Å². The summed E-state index contributed by atoms with van der Waals surface area (Å²) < 4.78 is 5.44. The highest BCUT2D eigenvalue weighted by Crippen LogP contribution is 2.70. The van der Waals surface area contributed by atoms with Gasteiger partial charge in [0.25, 0.3) is 0 Å². The van der Waals surface area contributed by atoms with Gasteiger partial charge in [0.2, 0.25) is 0 Å². The molecule has 4 atom stereocenters. The van der Waals surface area contributed by atoms with E-state index < -0.39 is 5.60 Å². The van der Waals surface area contributed by atoms with Gasteiger partial charge in [-0.15, -0.1) is 0 Å². The molecule has 3 heteroatoms. The Hall–Kier alpha value is -1.06. The van der Waals surface area contributed by atoms with Crippen LogP contribution in [0.2, 0.25) is 0 Å². The van der Waals surface area contributed by atoms with E-state index >= 15 is 0 Å². The first-order valence-electron chi connectivity index (χ1n) is 9.08. The zero-order valence-corrected chi connectivity index (χ0v) is 14.4. The van der Waals surface area contributed by atoms with Gasteiger partial charge in [0.1, 0.15) is 5.75 Å². The molecule has 0 amide bonds. The molecule has 2 saturated carbocycles. The van der Waals surface area contributed by atoms with Crippen molar-refractivity contribution in [2.24, 2.45) is 5.92 Å². The van der Waals surface area contributed by atoms with Crippen molar-refractivity contribution in [3.05, 3.63) is 29.3 Å². The molecule has 3 nitrogen and oxygen atoms in total. The highest BCUT2D eigenvalue weighted by Gasteiger charge is 2.77. The fourth-order valence-electron chi connectivity index (χ4n) is 6.35. The van der Waals surface area contributed by atoms with E-state index in [0.717, 1.165) is 24.6 Å². The summed E-state index contributed by atoms with van der Waals surface area (Å²) in [5.41, 5.74) is 2.15. The lowest BCUT2D eigenvalue weighted by atomic mass is 9.60. The number of benzene rings is 1. The first-order valence-corrected chi connectivity index (χ1v) is 9.08. The summed E-state index contributed by atoms with van der Waals surface area (Å²) in [5, 5.41) is 11.5.